The zero-order valence-electron chi connectivity index (χ0n) is 14.8. The van der Waals surface area contributed by atoms with E-state index < -0.39 is 23.8 Å². The topological polar surface area (TPSA) is 56.1 Å². The number of hydrogen-bond donors (Lipinski definition) is 1. The minimum atomic E-state index is -4.58. The van der Waals surface area contributed by atoms with Crippen LogP contribution in [0.15, 0.2) is 28.7 Å². The van der Waals surface area contributed by atoms with Crippen LogP contribution in [0.25, 0.3) is 0 Å². The number of halogens is 4. The van der Waals surface area contributed by atoms with Crippen molar-refractivity contribution in [1.82, 2.24) is 9.78 Å². The summed E-state index contributed by atoms with van der Waals surface area (Å²) in [5.74, 6) is 0.221. The molecule has 9 heteroatoms. The molecular weight excluding hydrogens is 427 g/mol. The van der Waals surface area contributed by atoms with Gasteiger partial charge in [-0.25, -0.2) is 0 Å². The molecule has 2 aromatic rings. The molecule has 1 heterocycles. The van der Waals surface area contributed by atoms with E-state index in [1.807, 2.05) is 6.92 Å². The number of benzene rings is 1. The fourth-order valence-electron chi connectivity index (χ4n) is 2.79. The number of nitrogens with one attached hydrogen (secondary N) is 1. The fourth-order valence-corrected chi connectivity index (χ4v) is 3.60. The number of aromatic nitrogens is 2. The van der Waals surface area contributed by atoms with Crippen LogP contribution in [0.5, 0.6) is 5.75 Å². The molecule has 1 aromatic heterocycles. The lowest BCUT2D eigenvalue weighted by molar-refractivity contribution is -0.142. The highest BCUT2D eigenvalue weighted by atomic mass is 79.9. The number of hydrogen-bond acceptors (Lipinski definition) is 3. The van der Waals surface area contributed by atoms with Crippen LogP contribution < -0.4 is 10.1 Å². The van der Waals surface area contributed by atoms with Crippen molar-refractivity contribution in [2.45, 2.75) is 44.8 Å². The second kappa shape index (κ2) is 7.53. The van der Waals surface area contributed by atoms with Crippen LogP contribution in [0.3, 0.4) is 0 Å². The Labute approximate surface area is 163 Å². The Balaban J connectivity index is 1.82. The maximum Gasteiger partial charge on any atom is 0.436 e. The molecule has 0 spiro atoms. The Hall–Kier alpha value is -2.03. The van der Waals surface area contributed by atoms with E-state index in [4.69, 9.17) is 4.74 Å². The number of rotatable bonds is 6. The van der Waals surface area contributed by atoms with Crippen molar-refractivity contribution in [1.29, 1.82) is 0 Å². The summed E-state index contributed by atoms with van der Waals surface area (Å²) in [6.45, 7) is 3.93. The van der Waals surface area contributed by atoms with Gasteiger partial charge in [-0.2, -0.15) is 18.3 Å². The molecule has 0 aliphatic heterocycles. The fraction of sp³-hybridized carbons (Fsp3) is 0.444. The van der Waals surface area contributed by atoms with E-state index in [2.05, 4.69) is 26.3 Å². The SMILES string of the molecule is CCOc1ccc(NC(=O)C(C)n2nc(C(F)(F)F)c(Br)c2C2CC2)cc1. The molecular formula is C18H19BrF3N3O2. The third-order valence-electron chi connectivity index (χ3n) is 4.30. The Morgan fingerprint density at radius 2 is 2.00 bits per heavy atom. The van der Waals surface area contributed by atoms with Gasteiger partial charge in [0, 0.05) is 11.6 Å². The van der Waals surface area contributed by atoms with Crippen molar-refractivity contribution in [2.24, 2.45) is 0 Å². The van der Waals surface area contributed by atoms with Gasteiger partial charge in [-0.05, 0) is 66.9 Å². The smallest absolute Gasteiger partial charge is 0.436 e. The average molecular weight is 446 g/mol. The van der Waals surface area contributed by atoms with Gasteiger partial charge in [0.05, 0.1) is 16.8 Å². The molecule has 1 aliphatic rings. The van der Waals surface area contributed by atoms with Crippen LogP contribution in [0, 0.1) is 0 Å². The number of amides is 1. The average Bonchev–Trinajstić information content (AvgIpc) is 3.37. The van der Waals surface area contributed by atoms with Crippen LogP contribution in [-0.2, 0) is 11.0 Å². The van der Waals surface area contributed by atoms with E-state index in [0.717, 1.165) is 12.8 Å². The van der Waals surface area contributed by atoms with Crippen molar-refractivity contribution in [3.05, 3.63) is 40.1 Å². The van der Waals surface area contributed by atoms with Gasteiger partial charge >= 0.3 is 6.18 Å². The predicted octanol–water partition coefficient (Wildman–Crippen LogP) is 5.14. The molecule has 1 amide bonds. The summed E-state index contributed by atoms with van der Waals surface area (Å²) in [4.78, 5) is 12.6. The van der Waals surface area contributed by atoms with E-state index in [1.165, 1.54) is 11.6 Å². The zero-order valence-corrected chi connectivity index (χ0v) is 16.4. The summed E-state index contributed by atoms with van der Waals surface area (Å²) in [7, 11) is 0. The normalized spacial score (nSPS) is 15.5. The van der Waals surface area contributed by atoms with Crippen molar-refractivity contribution < 1.29 is 22.7 Å². The molecule has 1 atom stereocenters. The molecule has 0 bridgehead atoms. The minimum Gasteiger partial charge on any atom is -0.494 e. The van der Waals surface area contributed by atoms with Crippen LogP contribution in [-0.4, -0.2) is 22.3 Å². The molecule has 5 nitrogen and oxygen atoms in total. The van der Waals surface area contributed by atoms with Crippen LogP contribution in [0.2, 0.25) is 0 Å². The Bertz CT molecular complexity index is 830. The van der Waals surface area contributed by atoms with Crippen LogP contribution in [0.4, 0.5) is 18.9 Å². The Morgan fingerprint density at radius 3 is 2.52 bits per heavy atom. The van der Waals surface area contributed by atoms with Crippen molar-refractivity contribution in [3.63, 3.8) is 0 Å². The molecule has 1 saturated carbocycles. The first-order valence-corrected chi connectivity index (χ1v) is 9.40. The van der Waals surface area contributed by atoms with E-state index in [0.29, 0.717) is 23.7 Å². The molecule has 1 aromatic carbocycles. The monoisotopic (exact) mass is 445 g/mol. The quantitative estimate of drug-likeness (QED) is 0.669. The third-order valence-corrected chi connectivity index (χ3v) is 5.08. The molecule has 3 rings (SSSR count). The maximum atomic E-state index is 13.2. The summed E-state index contributed by atoms with van der Waals surface area (Å²) >= 11 is 3.04. The number of nitrogens with zero attached hydrogens (tertiary/aromatic N) is 2. The molecule has 1 N–H and O–H groups in total. The maximum absolute atomic E-state index is 13.2. The van der Waals surface area contributed by atoms with Crippen LogP contribution in [0.1, 0.15) is 50.0 Å². The molecule has 0 saturated heterocycles. The van der Waals surface area contributed by atoms with E-state index in [9.17, 15) is 18.0 Å². The van der Waals surface area contributed by atoms with Crippen molar-refractivity contribution in [3.8, 4) is 5.75 Å². The lowest BCUT2D eigenvalue weighted by Crippen LogP contribution is -2.26. The second-order valence-corrected chi connectivity index (χ2v) is 7.18. The second-order valence-electron chi connectivity index (χ2n) is 6.39. The number of anilines is 1. The van der Waals surface area contributed by atoms with Gasteiger partial charge in [-0.3, -0.25) is 9.48 Å². The zero-order chi connectivity index (χ0) is 19.8. The van der Waals surface area contributed by atoms with Gasteiger partial charge in [0.15, 0.2) is 5.69 Å². The minimum absolute atomic E-state index is 0.0105. The molecule has 0 radical (unpaired) electrons. The van der Waals surface area contributed by atoms with Gasteiger partial charge in [0.25, 0.3) is 0 Å². The Kier molecular flexibility index (Phi) is 5.50. The predicted molar refractivity (Wildman–Crippen MR) is 97.9 cm³/mol. The summed E-state index contributed by atoms with van der Waals surface area (Å²) in [5, 5.41) is 6.42. The molecule has 146 valence electrons. The first kappa shape index (κ1) is 19.7. The van der Waals surface area contributed by atoms with E-state index in [1.54, 1.807) is 24.3 Å². The highest BCUT2D eigenvalue weighted by Crippen LogP contribution is 2.47. The van der Waals surface area contributed by atoms with E-state index in [-0.39, 0.29) is 10.4 Å². The van der Waals surface area contributed by atoms with Gasteiger partial charge in [-0.1, -0.05) is 0 Å². The lowest BCUT2D eigenvalue weighted by atomic mass is 10.2. The van der Waals surface area contributed by atoms with Gasteiger partial charge < -0.3 is 10.1 Å². The van der Waals surface area contributed by atoms with Gasteiger partial charge in [0.2, 0.25) is 5.91 Å². The summed E-state index contributed by atoms with van der Waals surface area (Å²) in [5.41, 5.74) is -0.0349. The molecule has 27 heavy (non-hydrogen) atoms. The summed E-state index contributed by atoms with van der Waals surface area (Å²) in [6.07, 6.45) is -3.01. The number of alkyl halides is 3. The highest BCUT2D eigenvalue weighted by Gasteiger charge is 2.43. The van der Waals surface area contributed by atoms with Gasteiger partial charge in [0.1, 0.15) is 11.8 Å². The number of carbonyl (C=O) groups is 1. The number of carbonyl (C=O) groups excluding carboxylic acids is 1. The first-order chi connectivity index (χ1) is 12.7. The van der Waals surface area contributed by atoms with Gasteiger partial charge in [-0.15, -0.1) is 0 Å². The lowest BCUT2D eigenvalue weighted by Gasteiger charge is -2.16. The standard InChI is InChI=1S/C18H19BrF3N3O2/c1-3-27-13-8-6-12(7-9-13)23-17(26)10(2)25-15(11-4-5-11)14(19)16(24-25)18(20,21)22/h6-11H,3-5H2,1-2H3,(H,23,26). The third kappa shape index (κ3) is 4.28. The van der Waals surface area contributed by atoms with E-state index >= 15 is 0 Å². The van der Waals surface area contributed by atoms with Crippen molar-refractivity contribution >= 4 is 27.5 Å². The van der Waals surface area contributed by atoms with Crippen molar-refractivity contribution in [2.75, 3.05) is 11.9 Å². The summed E-state index contributed by atoms with van der Waals surface area (Å²) in [6, 6.07) is 5.89. The Morgan fingerprint density at radius 1 is 1.37 bits per heavy atom. The number of ether oxygens (including phenoxy) is 1. The van der Waals surface area contributed by atoms with Crippen LogP contribution >= 0.6 is 15.9 Å². The highest BCUT2D eigenvalue weighted by molar-refractivity contribution is 9.10. The molecule has 1 unspecified atom stereocenters. The molecule has 1 fully saturated rings. The first-order valence-electron chi connectivity index (χ1n) is 8.61. The molecule has 1 aliphatic carbocycles. The summed E-state index contributed by atoms with van der Waals surface area (Å²) < 4.78 is 46.1. The largest absolute Gasteiger partial charge is 0.494 e.